The van der Waals surface area contributed by atoms with Crippen LogP contribution in [-0.4, -0.2) is 5.91 Å². The molecule has 0 atom stereocenters. The van der Waals surface area contributed by atoms with Crippen molar-refractivity contribution in [1.82, 2.24) is 0 Å². The fraction of sp³-hybridized carbons (Fsp3) is 0.0667. The Bertz CT molecular complexity index is 692. The van der Waals surface area contributed by atoms with Crippen molar-refractivity contribution in [3.05, 3.63) is 52.5 Å². The van der Waals surface area contributed by atoms with Crippen molar-refractivity contribution in [2.24, 2.45) is 0 Å². The quantitative estimate of drug-likeness (QED) is 0.893. The normalized spacial score (nSPS) is 9.65. The molecule has 0 radical (unpaired) electrons. The molecule has 5 heteroatoms. The first-order valence-electron chi connectivity index (χ1n) is 5.93. The van der Waals surface area contributed by atoms with Crippen molar-refractivity contribution in [2.75, 3.05) is 10.6 Å². The lowest BCUT2D eigenvalue weighted by Crippen LogP contribution is -2.05. The fourth-order valence-corrected chi connectivity index (χ4v) is 2.20. The van der Waals surface area contributed by atoms with Crippen LogP contribution in [0.5, 0.6) is 0 Å². The summed E-state index contributed by atoms with van der Waals surface area (Å²) in [6, 6.07) is 14.8. The Morgan fingerprint density at radius 2 is 1.95 bits per heavy atom. The Labute approximate surface area is 125 Å². The summed E-state index contributed by atoms with van der Waals surface area (Å²) in [5.41, 5.74) is 3.02. The van der Waals surface area contributed by atoms with E-state index in [0.29, 0.717) is 5.56 Å². The summed E-state index contributed by atoms with van der Waals surface area (Å²) in [6.45, 7) is 1.47. The topological polar surface area (TPSA) is 64.9 Å². The van der Waals surface area contributed by atoms with E-state index in [1.54, 1.807) is 12.1 Å². The molecular weight excluding hydrogens is 318 g/mol. The third-order valence-electron chi connectivity index (χ3n) is 2.56. The van der Waals surface area contributed by atoms with E-state index in [2.05, 4.69) is 32.6 Å². The maximum Gasteiger partial charge on any atom is 0.221 e. The number of rotatable bonds is 3. The highest BCUT2D eigenvalue weighted by atomic mass is 79.9. The predicted octanol–water partition coefficient (Wildman–Crippen LogP) is 4.02. The van der Waals surface area contributed by atoms with Crippen LogP contribution in [-0.2, 0) is 4.79 Å². The van der Waals surface area contributed by atoms with E-state index in [9.17, 15) is 4.79 Å². The summed E-state index contributed by atoms with van der Waals surface area (Å²) in [4.78, 5) is 11.0. The number of hydrogen-bond donors (Lipinski definition) is 2. The summed E-state index contributed by atoms with van der Waals surface area (Å²) in [6.07, 6.45) is 0. The number of hydrogen-bond acceptors (Lipinski definition) is 3. The van der Waals surface area contributed by atoms with Crippen LogP contribution in [0, 0.1) is 11.3 Å². The Morgan fingerprint density at radius 3 is 2.60 bits per heavy atom. The van der Waals surface area contributed by atoms with Gasteiger partial charge < -0.3 is 10.6 Å². The third kappa shape index (κ3) is 3.59. The minimum Gasteiger partial charge on any atom is -0.355 e. The van der Waals surface area contributed by atoms with Crippen molar-refractivity contribution >= 4 is 38.9 Å². The molecule has 0 unspecified atom stereocenters. The monoisotopic (exact) mass is 329 g/mol. The fourth-order valence-electron chi connectivity index (χ4n) is 1.72. The number of nitrogens with zero attached hydrogens (tertiary/aromatic N) is 1. The molecule has 0 saturated heterocycles. The van der Waals surface area contributed by atoms with Crippen LogP contribution >= 0.6 is 15.9 Å². The van der Waals surface area contributed by atoms with E-state index in [0.717, 1.165) is 21.5 Å². The molecule has 0 spiro atoms. The number of anilines is 3. The minimum absolute atomic E-state index is 0.110. The van der Waals surface area contributed by atoms with Gasteiger partial charge in [0.2, 0.25) is 5.91 Å². The van der Waals surface area contributed by atoms with Crippen LogP contribution < -0.4 is 10.6 Å². The third-order valence-corrected chi connectivity index (χ3v) is 3.22. The first-order valence-corrected chi connectivity index (χ1v) is 6.72. The lowest BCUT2D eigenvalue weighted by Gasteiger charge is -2.10. The number of benzene rings is 2. The lowest BCUT2D eigenvalue weighted by molar-refractivity contribution is -0.114. The molecule has 0 bridgehead atoms. The SMILES string of the molecule is CC(=O)Nc1cccc(Nc2ccc(C#N)cc2Br)c1. The number of nitriles is 1. The summed E-state index contributed by atoms with van der Waals surface area (Å²) >= 11 is 3.42. The second-order valence-electron chi connectivity index (χ2n) is 4.19. The van der Waals surface area contributed by atoms with Crippen LogP contribution in [0.2, 0.25) is 0 Å². The molecule has 2 aromatic carbocycles. The van der Waals surface area contributed by atoms with Gasteiger partial charge in [-0.1, -0.05) is 6.07 Å². The molecule has 20 heavy (non-hydrogen) atoms. The van der Waals surface area contributed by atoms with Crippen LogP contribution in [0.4, 0.5) is 17.1 Å². The zero-order chi connectivity index (χ0) is 14.5. The molecule has 0 aliphatic rings. The molecule has 0 saturated carbocycles. The van der Waals surface area contributed by atoms with Crippen molar-refractivity contribution in [1.29, 1.82) is 5.26 Å². The van der Waals surface area contributed by atoms with E-state index in [1.807, 2.05) is 30.3 Å². The molecule has 0 aliphatic carbocycles. The standard InChI is InChI=1S/C15H12BrN3O/c1-10(20)18-12-3-2-4-13(8-12)19-15-6-5-11(9-17)7-14(15)16/h2-8,19H,1H3,(H,18,20). The molecule has 0 aromatic heterocycles. The molecule has 1 amide bonds. The zero-order valence-electron chi connectivity index (χ0n) is 10.8. The number of amides is 1. The van der Waals surface area contributed by atoms with Crippen molar-refractivity contribution in [2.45, 2.75) is 6.92 Å². The van der Waals surface area contributed by atoms with E-state index < -0.39 is 0 Å². The van der Waals surface area contributed by atoms with Crippen LogP contribution in [0.15, 0.2) is 46.9 Å². The lowest BCUT2D eigenvalue weighted by atomic mass is 10.2. The van der Waals surface area contributed by atoms with Gasteiger partial charge in [-0.25, -0.2) is 0 Å². The highest BCUT2D eigenvalue weighted by Crippen LogP contribution is 2.27. The van der Waals surface area contributed by atoms with Gasteiger partial charge in [0.05, 0.1) is 17.3 Å². The van der Waals surface area contributed by atoms with Crippen molar-refractivity contribution in [3.8, 4) is 6.07 Å². The van der Waals surface area contributed by atoms with E-state index >= 15 is 0 Å². The summed E-state index contributed by atoms with van der Waals surface area (Å²) in [5.74, 6) is -0.110. The second-order valence-corrected chi connectivity index (χ2v) is 5.05. The Hall–Kier alpha value is -2.32. The highest BCUT2D eigenvalue weighted by Gasteiger charge is 2.03. The van der Waals surface area contributed by atoms with Crippen LogP contribution in [0.3, 0.4) is 0 Å². The number of halogens is 1. The number of nitrogens with one attached hydrogen (secondary N) is 2. The van der Waals surface area contributed by atoms with Crippen LogP contribution in [0.1, 0.15) is 12.5 Å². The van der Waals surface area contributed by atoms with Gasteiger partial charge in [-0.05, 0) is 52.3 Å². The Morgan fingerprint density at radius 1 is 1.20 bits per heavy atom. The van der Waals surface area contributed by atoms with E-state index in [1.165, 1.54) is 6.92 Å². The van der Waals surface area contributed by atoms with Gasteiger partial charge in [0.25, 0.3) is 0 Å². The largest absolute Gasteiger partial charge is 0.355 e. The molecule has 0 heterocycles. The van der Waals surface area contributed by atoms with Crippen LogP contribution in [0.25, 0.3) is 0 Å². The Balaban J connectivity index is 2.22. The molecule has 2 aromatic rings. The summed E-state index contributed by atoms with van der Waals surface area (Å²) < 4.78 is 0.807. The molecule has 2 N–H and O–H groups in total. The molecule has 0 fully saturated rings. The summed E-state index contributed by atoms with van der Waals surface area (Å²) in [5, 5.41) is 14.8. The van der Waals surface area contributed by atoms with E-state index in [4.69, 9.17) is 5.26 Å². The number of carbonyl (C=O) groups excluding carboxylic acids is 1. The summed E-state index contributed by atoms with van der Waals surface area (Å²) in [7, 11) is 0. The van der Waals surface area contributed by atoms with Gasteiger partial charge in [0.15, 0.2) is 0 Å². The highest BCUT2D eigenvalue weighted by molar-refractivity contribution is 9.10. The predicted molar refractivity (Wildman–Crippen MR) is 82.9 cm³/mol. The van der Waals surface area contributed by atoms with Gasteiger partial charge >= 0.3 is 0 Å². The van der Waals surface area contributed by atoms with Gasteiger partial charge in [-0.2, -0.15) is 5.26 Å². The average molecular weight is 330 g/mol. The second kappa shape index (κ2) is 6.22. The molecule has 0 aliphatic heterocycles. The van der Waals surface area contributed by atoms with Gasteiger partial charge in [-0.15, -0.1) is 0 Å². The molecule has 2 rings (SSSR count). The van der Waals surface area contributed by atoms with Gasteiger partial charge in [0, 0.05) is 22.8 Å². The number of carbonyl (C=O) groups is 1. The first-order chi connectivity index (χ1) is 9.58. The molecular formula is C15H12BrN3O. The van der Waals surface area contributed by atoms with Gasteiger partial charge in [-0.3, -0.25) is 4.79 Å². The van der Waals surface area contributed by atoms with Gasteiger partial charge in [0.1, 0.15) is 0 Å². The van der Waals surface area contributed by atoms with E-state index in [-0.39, 0.29) is 5.91 Å². The van der Waals surface area contributed by atoms with Crippen molar-refractivity contribution in [3.63, 3.8) is 0 Å². The first kappa shape index (κ1) is 14.1. The average Bonchev–Trinajstić information content (AvgIpc) is 2.41. The van der Waals surface area contributed by atoms with Crippen molar-refractivity contribution < 1.29 is 4.79 Å². The molecule has 100 valence electrons. The zero-order valence-corrected chi connectivity index (χ0v) is 12.4. The smallest absolute Gasteiger partial charge is 0.221 e. The minimum atomic E-state index is -0.110. The molecule has 4 nitrogen and oxygen atoms in total. The maximum atomic E-state index is 11.0. The maximum absolute atomic E-state index is 11.0. The Kier molecular flexibility index (Phi) is 4.38.